The van der Waals surface area contributed by atoms with E-state index in [1.165, 1.54) is 7.11 Å². The first-order valence-corrected chi connectivity index (χ1v) is 7.19. The summed E-state index contributed by atoms with van der Waals surface area (Å²) in [5.41, 5.74) is 2.48. The predicted molar refractivity (Wildman–Crippen MR) is 70.7 cm³/mol. The van der Waals surface area contributed by atoms with E-state index in [0.29, 0.717) is 16.2 Å². The maximum absolute atomic E-state index is 11.6. The summed E-state index contributed by atoms with van der Waals surface area (Å²) in [7, 11) is 1.39. The van der Waals surface area contributed by atoms with Gasteiger partial charge in [0.2, 0.25) is 0 Å². The van der Waals surface area contributed by atoms with Crippen LogP contribution < -0.4 is 0 Å². The Balaban J connectivity index is 3.36. The van der Waals surface area contributed by atoms with E-state index in [1.54, 1.807) is 0 Å². The first-order chi connectivity index (χ1) is 7.13. The number of halogens is 3. The van der Waals surface area contributed by atoms with Gasteiger partial charge < -0.3 is 4.74 Å². The standard InChI is InChI=1S/C10H9Br3O2/c1-15-10(14)9-6(4-11)2-8(13)3-7(9)5-12/h2-3H,4-5H2,1H3. The molecule has 0 aromatic heterocycles. The van der Waals surface area contributed by atoms with Crippen LogP contribution in [0.2, 0.25) is 0 Å². The van der Waals surface area contributed by atoms with Crippen molar-refractivity contribution >= 4 is 53.8 Å². The summed E-state index contributed by atoms with van der Waals surface area (Å²) in [6, 6.07) is 3.82. The highest BCUT2D eigenvalue weighted by Gasteiger charge is 2.16. The molecule has 2 nitrogen and oxygen atoms in total. The van der Waals surface area contributed by atoms with Crippen LogP contribution in [0.4, 0.5) is 0 Å². The number of ether oxygens (including phenoxy) is 1. The molecule has 15 heavy (non-hydrogen) atoms. The summed E-state index contributed by atoms with van der Waals surface area (Å²) in [6.45, 7) is 0. The van der Waals surface area contributed by atoms with Gasteiger partial charge in [0, 0.05) is 15.1 Å². The number of hydrogen-bond acceptors (Lipinski definition) is 2. The number of hydrogen-bond donors (Lipinski definition) is 0. The molecule has 0 heterocycles. The highest BCUT2D eigenvalue weighted by Crippen LogP contribution is 2.25. The van der Waals surface area contributed by atoms with Gasteiger partial charge in [0.25, 0.3) is 0 Å². The Bertz CT molecular complexity index is 352. The molecular formula is C10H9Br3O2. The molecule has 0 amide bonds. The van der Waals surface area contributed by atoms with Crippen LogP contribution in [0.3, 0.4) is 0 Å². The topological polar surface area (TPSA) is 26.3 Å². The van der Waals surface area contributed by atoms with Crippen LogP contribution in [0.1, 0.15) is 21.5 Å². The van der Waals surface area contributed by atoms with Crippen LogP contribution in [0.15, 0.2) is 16.6 Å². The van der Waals surface area contributed by atoms with Gasteiger partial charge in [-0.2, -0.15) is 0 Å². The molecule has 0 saturated heterocycles. The number of rotatable bonds is 3. The minimum absolute atomic E-state index is 0.300. The predicted octanol–water partition coefficient (Wildman–Crippen LogP) is 4.03. The number of esters is 1. The quantitative estimate of drug-likeness (QED) is 0.565. The number of benzene rings is 1. The summed E-state index contributed by atoms with van der Waals surface area (Å²) < 4.78 is 5.72. The first-order valence-electron chi connectivity index (χ1n) is 4.15. The van der Waals surface area contributed by atoms with Gasteiger partial charge in [-0.1, -0.05) is 47.8 Å². The zero-order chi connectivity index (χ0) is 11.4. The van der Waals surface area contributed by atoms with E-state index in [1.807, 2.05) is 12.1 Å². The van der Waals surface area contributed by atoms with E-state index in [2.05, 4.69) is 47.8 Å². The van der Waals surface area contributed by atoms with Gasteiger partial charge >= 0.3 is 5.97 Å². The third-order valence-corrected chi connectivity index (χ3v) is 3.61. The minimum Gasteiger partial charge on any atom is -0.465 e. The molecule has 0 aliphatic rings. The lowest BCUT2D eigenvalue weighted by atomic mass is 10.0. The van der Waals surface area contributed by atoms with Crippen molar-refractivity contribution in [1.82, 2.24) is 0 Å². The molecule has 1 rings (SSSR count). The normalized spacial score (nSPS) is 10.1. The molecule has 1 aromatic carbocycles. The molecular weight excluding hydrogens is 392 g/mol. The molecule has 0 atom stereocenters. The highest BCUT2D eigenvalue weighted by atomic mass is 79.9. The average molecular weight is 401 g/mol. The summed E-state index contributed by atoms with van der Waals surface area (Å²) in [5, 5.41) is 1.24. The van der Waals surface area contributed by atoms with Gasteiger partial charge in [-0.3, -0.25) is 0 Å². The summed E-state index contributed by atoms with van der Waals surface area (Å²) in [4.78, 5) is 11.6. The van der Waals surface area contributed by atoms with Gasteiger partial charge in [-0.15, -0.1) is 0 Å². The van der Waals surface area contributed by atoms with Crippen molar-refractivity contribution in [3.63, 3.8) is 0 Å². The van der Waals surface area contributed by atoms with Crippen molar-refractivity contribution < 1.29 is 9.53 Å². The SMILES string of the molecule is COC(=O)c1c(CBr)cc(Br)cc1CBr. The third kappa shape index (κ3) is 3.04. The van der Waals surface area contributed by atoms with Crippen LogP contribution in [-0.2, 0) is 15.4 Å². The van der Waals surface area contributed by atoms with Crippen molar-refractivity contribution in [2.24, 2.45) is 0 Å². The van der Waals surface area contributed by atoms with Gasteiger partial charge in [-0.25, -0.2) is 4.79 Å². The molecule has 1 aromatic rings. The number of methoxy groups -OCH3 is 1. The van der Waals surface area contributed by atoms with Crippen molar-refractivity contribution in [2.75, 3.05) is 7.11 Å². The molecule has 0 aliphatic carbocycles. The second-order valence-corrected chi connectivity index (χ2v) is 4.90. The second kappa shape index (κ2) is 6.01. The lowest BCUT2D eigenvalue weighted by Gasteiger charge is -2.10. The Kier molecular flexibility index (Phi) is 5.29. The van der Waals surface area contributed by atoms with Crippen LogP contribution in [-0.4, -0.2) is 13.1 Å². The first kappa shape index (κ1) is 13.2. The Hall–Kier alpha value is 0.130. The van der Waals surface area contributed by atoms with E-state index in [-0.39, 0.29) is 5.97 Å². The van der Waals surface area contributed by atoms with Gasteiger partial charge in [0.1, 0.15) is 0 Å². The number of carbonyl (C=O) groups is 1. The molecule has 82 valence electrons. The Morgan fingerprint density at radius 2 is 1.73 bits per heavy atom. The minimum atomic E-state index is -0.300. The lowest BCUT2D eigenvalue weighted by Crippen LogP contribution is -2.08. The molecule has 0 radical (unpaired) electrons. The lowest BCUT2D eigenvalue weighted by molar-refractivity contribution is 0.0599. The van der Waals surface area contributed by atoms with Crippen molar-refractivity contribution in [3.8, 4) is 0 Å². The second-order valence-electron chi connectivity index (χ2n) is 2.86. The van der Waals surface area contributed by atoms with Crippen molar-refractivity contribution in [1.29, 1.82) is 0 Å². The maximum atomic E-state index is 11.6. The van der Waals surface area contributed by atoms with E-state index >= 15 is 0 Å². The molecule has 5 heteroatoms. The molecule has 0 fully saturated rings. The molecule has 0 bridgehead atoms. The summed E-state index contributed by atoms with van der Waals surface area (Å²) in [5.74, 6) is -0.300. The fourth-order valence-corrected chi connectivity index (χ4v) is 2.74. The van der Waals surface area contributed by atoms with E-state index < -0.39 is 0 Å². The summed E-state index contributed by atoms with van der Waals surface area (Å²) >= 11 is 10.1. The van der Waals surface area contributed by atoms with E-state index in [4.69, 9.17) is 4.74 Å². The molecule has 0 unspecified atom stereocenters. The van der Waals surface area contributed by atoms with E-state index in [0.717, 1.165) is 15.6 Å². The van der Waals surface area contributed by atoms with Gasteiger partial charge in [0.15, 0.2) is 0 Å². The monoisotopic (exact) mass is 398 g/mol. The number of alkyl halides is 2. The fourth-order valence-electron chi connectivity index (χ4n) is 1.30. The highest BCUT2D eigenvalue weighted by molar-refractivity contribution is 9.10. The fraction of sp³-hybridized carbons (Fsp3) is 0.300. The van der Waals surface area contributed by atoms with Crippen LogP contribution in [0.5, 0.6) is 0 Å². The Morgan fingerprint density at radius 3 is 2.07 bits per heavy atom. The molecule has 0 N–H and O–H groups in total. The van der Waals surface area contributed by atoms with Crippen LogP contribution in [0.25, 0.3) is 0 Å². The number of carbonyl (C=O) groups excluding carboxylic acids is 1. The van der Waals surface area contributed by atoms with E-state index in [9.17, 15) is 4.79 Å². The largest absolute Gasteiger partial charge is 0.465 e. The molecule has 0 spiro atoms. The maximum Gasteiger partial charge on any atom is 0.338 e. The Labute approximate surface area is 114 Å². The molecule has 0 saturated carbocycles. The Morgan fingerprint density at radius 1 is 1.27 bits per heavy atom. The third-order valence-electron chi connectivity index (χ3n) is 1.94. The zero-order valence-corrected chi connectivity index (χ0v) is 12.8. The zero-order valence-electron chi connectivity index (χ0n) is 8.02. The van der Waals surface area contributed by atoms with Gasteiger partial charge in [-0.05, 0) is 23.3 Å². The van der Waals surface area contributed by atoms with Crippen LogP contribution >= 0.6 is 47.8 Å². The van der Waals surface area contributed by atoms with Gasteiger partial charge in [0.05, 0.1) is 12.7 Å². The molecule has 0 aliphatic heterocycles. The average Bonchev–Trinajstić information content (AvgIpc) is 2.26. The summed E-state index contributed by atoms with van der Waals surface area (Å²) in [6.07, 6.45) is 0. The smallest absolute Gasteiger partial charge is 0.338 e. The van der Waals surface area contributed by atoms with Crippen molar-refractivity contribution in [3.05, 3.63) is 33.3 Å². The van der Waals surface area contributed by atoms with Crippen LogP contribution in [0, 0.1) is 0 Å². The van der Waals surface area contributed by atoms with Crippen molar-refractivity contribution in [2.45, 2.75) is 10.7 Å².